The fourth-order valence-electron chi connectivity index (χ4n) is 4.19. The summed E-state index contributed by atoms with van der Waals surface area (Å²) >= 11 is 1.73. The lowest BCUT2D eigenvalue weighted by Gasteiger charge is -2.37. The highest BCUT2D eigenvalue weighted by Crippen LogP contribution is 2.34. The SMILES string of the molecule is COCCCN(CC(=O)N1CCc2sccc2[C@@H]1COc1ccccc1C)C(=O)CC(C)C. The molecule has 0 unspecified atom stereocenters. The highest BCUT2D eigenvalue weighted by Gasteiger charge is 2.33. The average molecular weight is 473 g/mol. The van der Waals surface area contributed by atoms with E-state index in [1.165, 1.54) is 4.88 Å². The summed E-state index contributed by atoms with van der Waals surface area (Å²) in [5.41, 5.74) is 2.23. The van der Waals surface area contributed by atoms with Gasteiger partial charge in [0.15, 0.2) is 0 Å². The number of thiophene rings is 1. The second-order valence-electron chi connectivity index (χ2n) is 8.99. The third-order valence-corrected chi connectivity index (χ3v) is 6.94. The Morgan fingerprint density at radius 2 is 2.03 bits per heavy atom. The fourth-order valence-corrected chi connectivity index (χ4v) is 5.11. The van der Waals surface area contributed by atoms with Crippen LogP contribution >= 0.6 is 11.3 Å². The normalized spacial score (nSPS) is 15.4. The molecule has 1 aliphatic rings. The molecule has 1 aromatic heterocycles. The van der Waals surface area contributed by atoms with Gasteiger partial charge >= 0.3 is 0 Å². The van der Waals surface area contributed by atoms with E-state index in [9.17, 15) is 9.59 Å². The van der Waals surface area contributed by atoms with Crippen LogP contribution in [0.5, 0.6) is 5.75 Å². The van der Waals surface area contributed by atoms with Crippen molar-refractivity contribution in [1.82, 2.24) is 9.80 Å². The lowest BCUT2D eigenvalue weighted by atomic mass is 10.00. The molecule has 0 spiro atoms. The first kappa shape index (κ1) is 25.2. The van der Waals surface area contributed by atoms with Crippen LogP contribution in [0.2, 0.25) is 0 Å². The van der Waals surface area contributed by atoms with Crippen molar-refractivity contribution in [3.05, 3.63) is 51.7 Å². The lowest BCUT2D eigenvalue weighted by molar-refractivity contribution is -0.143. The van der Waals surface area contributed by atoms with Crippen molar-refractivity contribution in [2.75, 3.05) is 40.0 Å². The predicted molar refractivity (Wildman–Crippen MR) is 132 cm³/mol. The first-order valence-corrected chi connectivity index (χ1v) is 12.6. The van der Waals surface area contributed by atoms with Crippen molar-refractivity contribution in [1.29, 1.82) is 0 Å². The zero-order valence-corrected chi connectivity index (χ0v) is 21.0. The molecule has 2 amide bonds. The van der Waals surface area contributed by atoms with Crippen LogP contribution in [0.15, 0.2) is 35.7 Å². The van der Waals surface area contributed by atoms with Crippen LogP contribution < -0.4 is 4.74 Å². The van der Waals surface area contributed by atoms with Crippen LogP contribution in [-0.2, 0) is 20.7 Å². The molecule has 180 valence electrons. The largest absolute Gasteiger partial charge is 0.491 e. The molecule has 0 bridgehead atoms. The predicted octanol–water partition coefficient (Wildman–Crippen LogP) is 4.47. The Kier molecular flexibility index (Phi) is 9.32. The summed E-state index contributed by atoms with van der Waals surface area (Å²) in [4.78, 5) is 31.3. The van der Waals surface area contributed by atoms with Gasteiger partial charge in [0.1, 0.15) is 12.4 Å². The Balaban J connectivity index is 1.75. The van der Waals surface area contributed by atoms with Gasteiger partial charge in [-0.3, -0.25) is 9.59 Å². The third-order valence-electron chi connectivity index (χ3n) is 5.94. The Hall–Kier alpha value is -2.38. The van der Waals surface area contributed by atoms with Crippen molar-refractivity contribution < 1.29 is 19.1 Å². The van der Waals surface area contributed by atoms with E-state index in [0.29, 0.717) is 39.1 Å². The number of amides is 2. The number of hydrogen-bond donors (Lipinski definition) is 0. The van der Waals surface area contributed by atoms with E-state index in [2.05, 4.69) is 11.4 Å². The molecule has 3 rings (SSSR count). The van der Waals surface area contributed by atoms with E-state index in [1.807, 2.05) is 49.9 Å². The summed E-state index contributed by atoms with van der Waals surface area (Å²) in [7, 11) is 1.65. The minimum absolute atomic E-state index is 0.0235. The molecule has 6 nitrogen and oxygen atoms in total. The van der Waals surface area contributed by atoms with E-state index in [4.69, 9.17) is 9.47 Å². The molecule has 2 aromatic rings. The summed E-state index contributed by atoms with van der Waals surface area (Å²) in [6.07, 6.45) is 1.99. The van der Waals surface area contributed by atoms with Crippen molar-refractivity contribution in [3.8, 4) is 5.75 Å². The summed E-state index contributed by atoms with van der Waals surface area (Å²) in [6.45, 7) is 8.27. The minimum atomic E-state index is -0.159. The Morgan fingerprint density at radius 1 is 1.24 bits per heavy atom. The fraction of sp³-hybridized carbons (Fsp3) is 0.538. The number of carbonyl (C=O) groups excluding carboxylic acids is 2. The van der Waals surface area contributed by atoms with Gasteiger partial charge in [0.25, 0.3) is 0 Å². The van der Waals surface area contributed by atoms with E-state index in [-0.39, 0.29) is 30.3 Å². The first-order chi connectivity index (χ1) is 15.9. The molecule has 1 aliphatic heterocycles. The zero-order valence-electron chi connectivity index (χ0n) is 20.2. The molecule has 2 heterocycles. The number of fused-ring (bicyclic) bond motifs is 1. The zero-order chi connectivity index (χ0) is 23.8. The number of ether oxygens (including phenoxy) is 2. The molecule has 0 N–H and O–H groups in total. The molecule has 0 fully saturated rings. The number of aryl methyl sites for hydroxylation is 1. The van der Waals surface area contributed by atoms with Gasteiger partial charge in [0.05, 0.1) is 12.6 Å². The molecule has 0 radical (unpaired) electrons. The van der Waals surface area contributed by atoms with Crippen molar-refractivity contribution in [2.45, 2.75) is 46.1 Å². The summed E-state index contributed by atoms with van der Waals surface area (Å²) < 4.78 is 11.3. The molecular weight excluding hydrogens is 436 g/mol. The van der Waals surface area contributed by atoms with Crippen molar-refractivity contribution >= 4 is 23.2 Å². The topological polar surface area (TPSA) is 59.1 Å². The minimum Gasteiger partial charge on any atom is -0.491 e. The van der Waals surface area contributed by atoms with Crippen molar-refractivity contribution in [2.24, 2.45) is 5.92 Å². The highest BCUT2D eigenvalue weighted by atomic mass is 32.1. The number of hydrogen-bond acceptors (Lipinski definition) is 5. The molecule has 7 heteroatoms. The highest BCUT2D eigenvalue weighted by molar-refractivity contribution is 7.10. The number of para-hydroxylation sites is 1. The molecule has 33 heavy (non-hydrogen) atoms. The molecule has 0 saturated heterocycles. The van der Waals surface area contributed by atoms with Gasteiger partial charge in [0.2, 0.25) is 11.8 Å². The molecular formula is C26H36N2O4S. The van der Waals surface area contributed by atoms with E-state index in [1.54, 1.807) is 23.3 Å². The maximum Gasteiger partial charge on any atom is 0.242 e. The number of rotatable bonds is 11. The first-order valence-electron chi connectivity index (χ1n) is 11.7. The van der Waals surface area contributed by atoms with Crippen LogP contribution in [-0.4, -0.2) is 61.6 Å². The van der Waals surface area contributed by atoms with Crippen LogP contribution in [0.1, 0.15) is 48.7 Å². The standard InChI is InChI=1S/C26H36N2O4S/c1-19(2)16-25(29)27(12-7-14-31-4)17-26(30)28-13-10-24-21(11-15-33-24)22(28)18-32-23-9-6-5-8-20(23)3/h5-6,8-9,11,15,19,22H,7,10,12-14,16-18H2,1-4H3/t22-/m0/s1. The molecule has 1 atom stereocenters. The van der Waals surface area contributed by atoms with Gasteiger partial charge in [-0.1, -0.05) is 32.0 Å². The number of benzene rings is 1. The Bertz CT molecular complexity index is 927. The van der Waals surface area contributed by atoms with Gasteiger partial charge in [0, 0.05) is 38.1 Å². The summed E-state index contributed by atoms with van der Waals surface area (Å²) in [5, 5.41) is 2.09. The molecule has 1 aromatic carbocycles. The third kappa shape index (κ3) is 6.81. The monoisotopic (exact) mass is 472 g/mol. The maximum absolute atomic E-state index is 13.5. The quantitative estimate of drug-likeness (QED) is 0.453. The van der Waals surface area contributed by atoms with Gasteiger partial charge < -0.3 is 19.3 Å². The average Bonchev–Trinajstić information content (AvgIpc) is 3.26. The van der Waals surface area contributed by atoms with Gasteiger partial charge in [-0.2, -0.15) is 0 Å². The van der Waals surface area contributed by atoms with Crippen LogP contribution in [0.4, 0.5) is 0 Å². The van der Waals surface area contributed by atoms with Gasteiger partial charge in [-0.05, 0) is 54.3 Å². The lowest BCUT2D eigenvalue weighted by Crippen LogP contribution is -2.48. The molecule has 0 aliphatic carbocycles. The van der Waals surface area contributed by atoms with Gasteiger partial charge in [-0.15, -0.1) is 11.3 Å². The van der Waals surface area contributed by atoms with E-state index < -0.39 is 0 Å². The summed E-state index contributed by atoms with van der Waals surface area (Å²) in [5.74, 6) is 1.08. The number of methoxy groups -OCH3 is 1. The maximum atomic E-state index is 13.5. The Labute approximate surface area is 201 Å². The van der Waals surface area contributed by atoms with Crippen LogP contribution in [0.25, 0.3) is 0 Å². The molecule has 0 saturated carbocycles. The van der Waals surface area contributed by atoms with Crippen LogP contribution in [0, 0.1) is 12.8 Å². The summed E-state index contributed by atoms with van der Waals surface area (Å²) in [6, 6.07) is 9.87. The van der Waals surface area contributed by atoms with E-state index >= 15 is 0 Å². The number of nitrogens with zero attached hydrogens (tertiary/aromatic N) is 2. The van der Waals surface area contributed by atoms with Crippen molar-refractivity contribution in [3.63, 3.8) is 0 Å². The smallest absolute Gasteiger partial charge is 0.242 e. The van der Waals surface area contributed by atoms with E-state index in [0.717, 1.165) is 23.3 Å². The van der Waals surface area contributed by atoms with Gasteiger partial charge in [-0.25, -0.2) is 0 Å². The Morgan fingerprint density at radius 3 is 2.76 bits per heavy atom. The second-order valence-corrected chi connectivity index (χ2v) is 9.99. The number of carbonyl (C=O) groups is 2. The van der Waals surface area contributed by atoms with Crippen LogP contribution in [0.3, 0.4) is 0 Å². The second kappa shape index (κ2) is 12.2.